The minimum Gasteiger partial charge on any atom is -0.464 e. The van der Waals surface area contributed by atoms with Gasteiger partial charge in [0.25, 0.3) is 0 Å². The molecule has 0 saturated carbocycles. The number of aromatic nitrogens is 2. The molecule has 0 aliphatic carbocycles. The van der Waals surface area contributed by atoms with Crippen LogP contribution in [0.4, 0.5) is 5.69 Å². The summed E-state index contributed by atoms with van der Waals surface area (Å²) in [4.78, 5) is 44.3. The number of nitrogens with one attached hydrogen (secondary N) is 2. The summed E-state index contributed by atoms with van der Waals surface area (Å²) in [6.07, 6.45) is 0.573. The van der Waals surface area contributed by atoms with Crippen molar-refractivity contribution in [2.24, 2.45) is 13.0 Å². The molecule has 0 radical (unpaired) electrons. The van der Waals surface area contributed by atoms with Crippen molar-refractivity contribution in [2.75, 3.05) is 36.4 Å². The van der Waals surface area contributed by atoms with Gasteiger partial charge in [0.2, 0.25) is 11.8 Å². The normalized spacial score (nSPS) is 12.5. The van der Waals surface area contributed by atoms with Gasteiger partial charge in [-0.25, -0.2) is 9.78 Å². The van der Waals surface area contributed by atoms with Gasteiger partial charge in [0.15, 0.2) is 0 Å². The molecule has 2 N–H and O–H groups in total. The number of ether oxygens (including phenoxy) is 1. The fourth-order valence-electron chi connectivity index (χ4n) is 4.03. The molecule has 0 unspecified atom stereocenters. The summed E-state index contributed by atoms with van der Waals surface area (Å²) >= 11 is 11.9. The lowest BCUT2D eigenvalue weighted by Crippen LogP contribution is -2.53. The molecule has 2 aromatic rings. The fourth-order valence-corrected chi connectivity index (χ4v) is 4.44. The van der Waals surface area contributed by atoms with Crippen molar-refractivity contribution in [1.82, 2.24) is 20.2 Å². The summed E-state index contributed by atoms with van der Waals surface area (Å²) in [5.41, 5.74) is 2.59. The number of rotatable bonds is 14. The van der Waals surface area contributed by atoms with Gasteiger partial charge < -0.3 is 24.8 Å². The highest BCUT2D eigenvalue weighted by Gasteiger charge is 2.29. The Bertz CT molecular complexity index is 1040. The Balaban J connectivity index is 0.00000684. The molecule has 0 bridgehead atoms. The molecule has 0 fully saturated rings. The van der Waals surface area contributed by atoms with Crippen molar-refractivity contribution in [3.8, 4) is 0 Å². The van der Waals surface area contributed by atoms with Gasteiger partial charge in [0.05, 0.1) is 17.6 Å². The van der Waals surface area contributed by atoms with Gasteiger partial charge in [-0.3, -0.25) is 9.59 Å². The number of carbonyl (C=O) groups is 3. The van der Waals surface area contributed by atoms with E-state index in [0.29, 0.717) is 37.1 Å². The van der Waals surface area contributed by atoms with E-state index in [1.807, 2.05) is 43.7 Å². The number of anilines is 1. The molecular formula is C25H38Cl3N5O4. The fraction of sp³-hybridized carbons (Fsp3) is 0.600. The first kappa shape index (κ1) is 32.8. The molecule has 0 aliphatic heterocycles. The summed E-state index contributed by atoms with van der Waals surface area (Å²) in [5.74, 6) is 0.408. The van der Waals surface area contributed by atoms with Crippen LogP contribution in [0.15, 0.2) is 18.2 Å². The van der Waals surface area contributed by atoms with Crippen molar-refractivity contribution >= 4 is 70.1 Å². The quantitative estimate of drug-likeness (QED) is 0.263. The largest absolute Gasteiger partial charge is 0.464 e. The zero-order valence-electron chi connectivity index (χ0n) is 22.1. The average molecular weight is 579 g/mol. The highest BCUT2D eigenvalue weighted by atomic mass is 35.5. The second-order valence-corrected chi connectivity index (χ2v) is 9.78. The highest BCUT2D eigenvalue weighted by molar-refractivity contribution is 6.18. The number of alkyl halides is 2. The van der Waals surface area contributed by atoms with Crippen LogP contribution in [0.1, 0.15) is 39.9 Å². The van der Waals surface area contributed by atoms with Crippen LogP contribution >= 0.6 is 35.6 Å². The third-order valence-corrected chi connectivity index (χ3v) is 6.04. The Morgan fingerprint density at radius 2 is 1.76 bits per heavy atom. The lowest BCUT2D eigenvalue weighted by molar-refractivity contribution is -0.148. The van der Waals surface area contributed by atoms with E-state index in [1.165, 1.54) is 6.92 Å². The van der Waals surface area contributed by atoms with Crippen LogP contribution in [0.2, 0.25) is 0 Å². The van der Waals surface area contributed by atoms with Crippen LogP contribution in [0, 0.1) is 5.92 Å². The molecule has 208 valence electrons. The maximum absolute atomic E-state index is 13.2. The minimum absolute atomic E-state index is 0. The lowest BCUT2D eigenvalue weighted by Gasteiger charge is -2.23. The molecule has 0 spiro atoms. The summed E-state index contributed by atoms with van der Waals surface area (Å²) in [6.45, 7) is 8.50. The number of fused-ring (bicyclic) bond motifs is 1. The number of hydrogen-bond acceptors (Lipinski definition) is 6. The van der Waals surface area contributed by atoms with Crippen LogP contribution in [0.5, 0.6) is 0 Å². The van der Waals surface area contributed by atoms with E-state index in [9.17, 15) is 14.4 Å². The predicted octanol–water partition coefficient (Wildman–Crippen LogP) is 3.42. The van der Waals surface area contributed by atoms with Crippen LogP contribution in [-0.2, 0) is 32.6 Å². The first-order valence-electron chi connectivity index (χ1n) is 12.2. The van der Waals surface area contributed by atoms with E-state index >= 15 is 0 Å². The van der Waals surface area contributed by atoms with Gasteiger partial charge in [-0.15, -0.1) is 35.6 Å². The highest BCUT2D eigenvalue weighted by Crippen LogP contribution is 2.23. The number of amides is 2. The number of halogens is 3. The monoisotopic (exact) mass is 577 g/mol. The Labute approximate surface area is 235 Å². The Hall–Kier alpha value is -2.23. The second-order valence-electron chi connectivity index (χ2n) is 9.03. The Kier molecular flexibility index (Phi) is 14.1. The summed E-state index contributed by atoms with van der Waals surface area (Å²) in [6, 6.07) is 4.20. The third kappa shape index (κ3) is 9.54. The smallest absolute Gasteiger partial charge is 0.328 e. The molecule has 37 heavy (non-hydrogen) atoms. The van der Waals surface area contributed by atoms with Crippen molar-refractivity contribution in [3.63, 3.8) is 0 Å². The van der Waals surface area contributed by atoms with Crippen LogP contribution in [0.3, 0.4) is 0 Å². The molecule has 0 saturated heterocycles. The first-order chi connectivity index (χ1) is 17.1. The molecule has 1 aromatic heterocycles. The number of carbonyl (C=O) groups excluding carboxylic acids is 3. The van der Waals surface area contributed by atoms with Crippen LogP contribution < -0.4 is 15.5 Å². The van der Waals surface area contributed by atoms with Crippen molar-refractivity contribution in [1.29, 1.82) is 0 Å². The molecular weight excluding hydrogens is 541 g/mol. The van der Waals surface area contributed by atoms with Gasteiger partial charge in [-0.1, -0.05) is 13.8 Å². The van der Waals surface area contributed by atoms with E-state index in [-0.39, 0.29) is 37.3 Å². The van der Waals surface area contributed by atoms with Gasteiger partial charge in [-0.05, 0) is 37.5 Å². The molecule has 2 amide bonds. The lowest BCUT2D eigenvalue weighted by atomic mass is 10.0. The standard InChI is InChI=1S/C25H37Cl2N5O4.ClH/c1-6-36-25(35)21(13-16(2)3)30-24(34)20(28-17(4)33)15-23-29-19-14-18(7-8-22(19)31(23)5)32(11-9-26)12-10-27;/h7-8,14,16,20-21H,6,9-13,15H2,1-5H3,(H,28,33)(H,30,34);1H/t20-,21-;/m0./s1. The summed E-state index contributed by atoms with van der Waals surface area (Å²) < 4.78 is 7.03. The zero-order valence-corrected chi connectivity index (χ0v) is 24.4. The number of imidazole rings is 1. The molecule has 9 nitrogen and oxygen atoms in total. The third-order valence-electron chi connectivity index (χ3n) is 5.71. The maximum Gasteiger partial charge on any atom is 0.328 e. The van der Waals surface area contributed by atoms with E-state index in [0.717, 1.165) is 16.7 Å². The molecule has 0 aliphatic rings. The summed E-state index contributed by atoms with van der Waals surface area (Å²) in [5, 5.41) is 5.47. The number of hydrogen-bond donors (Lipinski definition) is 2. The van der Waals surface area contributed by atoms with Crippen molar-refractivity contribution in [2.45, 2.75) is 52.6 Å². The second kappa shape index (κ2) is 15.9. The minimum atomic E-state index is -0.912. The van der Waals surface area contributed by atoms with E-state index < -0.39 is 24.0 Å². The van der Waals surface area contributed by atoms with Crippen LogP contribution in [-0.4, -0.2) is 70.9 Å². The Morgan fingerprint density at radius 3 is 2.30 bits per heavy atom. The van der Waals surface area contributed by atoms with Crippen molar-refractivity contribution < 1.29 is 19.1 Å². The number of aryl methyl sites for hydroxylation is 1. The summed E-state index contributed by atoms with van der Waals surface area (Å²) in [7, 11) is 1.86. The zero-order chi connectivity index (χ0) is 26.8. The molecule has 1 aromatic carbocycles. The predicted molar refractivity (Wildman–Crippen MR) is 151 cm³/mol. The van der Waals surface area contributed by atoms with Crippen molar-refractivity contribution in [3.05, 3.63) is 24.0 Å². The SMILES string of the molecule is CCOC(=O)[C@H](CC(C)C)NC(=O)[C@H](Cc1nc2cc(N(CCCl)CCCl)ccc2n1C)NC(C)=O.Cl. The van der Waals surface area contributed by atoms with Crippen LogP contribution in [0.25, 0.3) is 11.0 Å². The Morgan fingerprint density at radius 1 is 1.11 bits per heavy atom. The topological polar surface area (TPSA) is 106 Å². The van der Waals surface area contributed by atoms with Gasteiger partial charge >= 0.3 is 5.97 Å². The maximum atomic E-state index is 13.2. The number of nitrogens with zero attached hydrogens (tertiary/aromatic N) is 3. The number of benzene rings is 1. The van der Waals surface area contributed by atoms with Gasteiger partial charge in [0.1, 0.15) is 17.9 Å². The molecule has 1 heterocycles. The first-order valence-corrected chi connectivity index (χ1v) is 13.2. The molecule has 2 atom stereocenters. The van der Waals surface area contributed by atoms with E-state index in [2.05, 4.69) is 15.5 Å². The molecule has 12 heteroatoms. The van der Waals surface area contributed by atoms with E-state index in [4.69, 9.17) is 32.9 Å². The van der Waals surface area contributed by atoms with Gasteiger partial charge in [0, 0.05) is 50.9 Å². The van der Waals surface area contributed by atoms with Gasteiger partial charge in [-0.2, -0.15) is 0 Å². The number of esters is 1. The average Bonchev–Trinajstić information content (AvgIpc) is 3.12. The molecule has 2 rings (SSSR count). The van der Waals surface area contributed by atoms with E-state index in [1.54, 1.807) is 6.92 Å².